The summed E-state index contributed by atoms with van der Waals surface area (Å²) < 4.78 is 0. The minimum Gasteiger partial charge on any atom is -0.0981 e. The molecule has 0 aromatic rings. The van der Waals surface area contributed by atoms with Crippen LogP contribution in [0.4, 0.5) is 0 Å². The third-order valence-corrected chi connectivity index (χ3v) is 2.91. The second-order valence-electron chi connectivity index (χ2n) is 2.66. The molecule has 0 radical (unpaired) electrons. The van der Waals surface area contributed by atoms with Gasteiger partial charge in [0.1, 0.15) is 0 Å². The summed E-state index contributed by atoms with van der Waals surface area (Å²) >= 11 is 0. The second-order valence-corrected chi connectivity index (χ2v) is 3.86. The Morgan fingerprint density at radius 2 is 2.36 bits per heavy atom. The molecule has 0 N–H and O–H groups in total. The van der Waals surface area contributed by atoms with Gasteiger partial charge in [-0.25, -0.2) is 0 Å². The summed E-state index contributed by atoms with van der Waals surface area (Å²) in [6.45, 7) is 2.04. The molecule has 1 heterocycles. The van der Waals surface area contributed by atoms with E-state index in [0.717, 1.165) is 8.58 Å². The average molecular weight is 166 g/mol. The van der Waals surface area contributed by atoms with E-state index in [1.165, 1.54) is 24.6 Å². The first kappa shape index (κ1) is 8.74. The van der Waals surface area contributed by atoms with Crippen LogP contribution in [0.2, 0.25) is 0 Å². The molecule has 0 amide bonds. The van der Waals surface area contributed by atoms with Crippen LogP contribution in [0.5, 0.6) is 0 Å². The topological polar surface area (TPSA) is 0 Å². The van der Waals surface area contributed by atoms with E-state index in [0.29, 0.717) is 0 Å². The standard InChI is InChI=1S/C10H15P/c1-2-3-4-6-10-7-5-8-11-9-10/h2-4,6,9,11H,5,7-8H2,1H3/b3-2-,6-4-. The van der Waals surface area contributed by atoms with Crippen molar-refractivity contribution in [3.8, 4) is 0 Å². The summed E-state index contributed by atoms with van der Waals surface area (Å²) in [5.41, 5.74) is 1.52. The van der Waals surface area contributed by atoms with Crippen molar-refractivity contribution in [1.29, 1.82) is 0 Å². The van der Waals surface area contributed by atoms with Gasteiger partial charge in [0.05, 0.1) is 0 Å². The Labute approximate surface area is 70.9 Å². The first-order chi connectivity index (χ1) is 5.43. The molecular formula is C10H15P. The third-order valence-electron chi connectivity index (χ3n) is 1.69. The summed E-state index contributed by atoms with van der Waals surface area (Å²) in [6.07, 6.45) is 12.6. The molecule has 0 saturated carbocycles. The van der Waals surface area contributed by atoms with Gasteiger partial charge in [-0.1, -0.05) is 38.7 Å². The van der Waals surface area contributed by atoms with Crippen LogP contribution in [0, 0.1) is 0 Å². The lowest BCUT2D eigenvalue weighted by Crippen LogP contribution is -1.86. The molecule has 1 heteroatoms. The van der Waals surface area contributed by atoms with E-state index in [1.54, 1.807) is 0 Å². The van der Waals surface area contributed by atoms with Crippen LogP contribution in [0.1, 0.15) is 19.8 Å². The van der Waals surface area contributed by atoms with E-state index in [9.17, 15) is 0 Å². The number of hydrogen-bond acceptors (Lipinski definition) is 0. The Morgan fingerprint density at radius 1 is 1.45 bits per heavy atom. The van der Waals surface area contributed by atoms with Crippen molar-refractivity contribution in [1.82, 2.24) is 0 Å². The van der Waals surface area contributed by atoms with Crippen LogP contribution in [0.15, 0.2) is 35.7 Å². The van der Waals surface area contributed by atoms with Crippen molar-refractivity contribution >= 4 is 8.58 Å². The fraction of sp³-hybridized carbons (Fsp3) is 0.400. The molecule has 0 fully saturated rings. The Kier molecular flexibility index (Phi) is 4.23. The lowest BCUT2D eigenvalue weighted by Gasteiger charge is -2.07. The van der Waals surface area contributed by atoms with Gasteiger partial charge in [-0.05, 0) is 31.5 Å². The second kappa shape index (κ2) is 5.32. The largest absolute Gasteiger partial charge is 0.0981 e. The van der Waals surface area contributed by atoms with Gasteiger partial charge in [-0.15, -0.1) is 0 Å². The normalized spacial score (nSPS) is 21.7. The SMILES string of the molecule is C/C=C\C=C/C1=CPCCC1. The van der Waals surface area contributed by atoms with E-state index in [2.05, 4.69) is 30.1 Å². The molecule has 1 rings (SSSR count). The molecule has 11 heavy (non-hydrogen) atoms. The summed E-state index contributed by atoms with van der Waals surface area (Å²) in [6, 6.07) is 0. The average Bonchev–Trinajstić information content (AvgIpc) is 2.07. The van der Waals surface area contributed by atoms with Crippen molar-refractivity contribution in [2.45, 2.75) is 19.8 Å². The number of allylic oxidation sites excluding steroid dienone is 5. The zero-order chi connectivity index (χ0) is 7.94. The van der Waals surface area contributed by atoms with E-state index >= 15 is 0 Å². The number of rotatable bonds is 2. The van der Waals surface area contributed by atoms with E-state index in [4.69, 9.17) is 0 Å². The molecule has 0 saturated heterocycles. The van der Waals surface area contributed by atoms with E-state index < -0.39 is 0 Å². The zero-order valence-corrected chi connectivity index (χ0v) is 8.01. The molecular weight excluding hydrogens is 151 g/mol. The van der Waals surface area contributed by atoms with Gasteiger partial charge < -0.3 is 0 Å². The first-order valence-corrected chi connectivity index (χ1v) is 5.43. The summed E-state index contributed by atoms with van der Waals surface area (Å²) in [7, 11) is 1.06. The van der Waals surface area contributed by atoms with Crippen LogP contribution >= 0.6 is 8.58 Å². The Bertz CT molecular complexity index is 187. The Hall–Kier alpha value is -0.350. The highest BCUT2D eigenvalue weighted by atomic mass is 31.1. The van der Waals surface area contributed by atoms with Gasteiger partial charge in [0, 0.05) is 0 Å². The molecule has 0 spiro atoms. The quantitative estimate of drug-likeness (QED) is 0.435. The van der Waals surface area contributed by atoms with Crippen molar-refractivity contribution < 1.29 is 0 Å². The predicted octanol–water partition coefficient (Wildman–Crippen LogP) is 3.47. The highest BCUT2D eigenvalue weighted by Crippen LogP contribution is 2.26. The van der Waals surface area contributed by atoms with Gasteiger partial charge in [0.2, 0.25) is 0 Å². The van der Waals surface area contributed by atoms with Crippen molar-refractivity contribution in [2.75, 3.05) is 6.16 Å². The highest BCUT2D eigenvalue weighted by Gasteiger charge is 1.97. The van der Waals surface area contributed by atoms with Gasteiger partial charge >= 0.3 is 0 Å². The van der Waals surface area contributed by atoms with Crippen LogP contribution < -0.4 is 0 Å². The molecule has 1 unspecified atom stereocenters. The van der Waals surface area contributed by atoms with Gasteiger partial charge in [-0.3, -0.25) is 0 Å². The fourth-order valence-electron chi connectivity index (χ4n) is 1.09. The van der Waals surface area contributed by atoms with E-state index in [1.807, 2.05) is 6.92 Å². The maximum absolute atomic E-state index is 2.38. The van der Waals surface area contributed by atoms with Crippen LogP contribution in [-0.2, 0) is 0 Å². The van der Waals surface area contributed by atoms with Crippen LogP contribution in [0.3, 0.4) is 0 Å². The first-order valence-electron chi connectivity index (χ1n) is 4.15. The number of hydrogen-bond donors (Lipinski definition) is 0. The minimum absolute atomic E-state index is 1.06. The minimum atomic E-state index is 1.06. The Balaban J connectivity index is 2.40. The fourth-order valence-corrected chi connectivity index (χ4v) is 2.12. The molecule has 0 aromatic heterocycles. The Morgan fingerprint density at radius 3 is 3.00 bits per heavy atom. The lowest BCUT2D eigenvalue weighted by atomic mass is 10.1. The molecule has 0 aromatic carbocycles. The summed E-state index contributed by atoms with van der Waals surface area (Å²) in [5, 5.41) is 0. The molecule has 0 aliphatic carbocycles. The maximum atomic E-state index is 2.38. The molecule has 60 valence electrons. The van der Waals surface area contributed by atoms with Gasteiger partial charge in [-0.2, -0.15) is 0 Å². The van der Waals surface area contributed by atoms with Gasteiger partial charge in [0.15, 0.2) is 0 Å². The van der Waals surface area contributed by atoms with Crippen molar-refractivity contribution in [3.63, 3.8) is 0 Å². The predicted molar refractivity (Wildman–Crippen MR) is 54.5 cm³/mol. The summed E-state index contributed by atoms with van der Waals surface area (Å²) in [4.78, 5) is 0. The lowest BCUT2D eigenvalue weighted by molar-refractivity contribution is 0.928. The van der Waals surface area contributed by atoms with Crippen molar-refractivity contribution in [3.05, 3.63) is 35.7 Å². The van der Waals surface area contributed by atoms with Crippen LogP contribution in [-0.4, -0.2) is 6.16 Å². The molecule has 1 atom stereocenters. The van der Waals surface area contributed by atoms with Crippen molar-refractivity contribution in [2.24, 2.45) is 0 Å². The molecule has 1 aliphatic heterocycles. The maximum Gasteiger partial charge on any atom is -0.0275 e. The monoisotopic (exact) mass is 166 g/mol. The molecule has 0 bridgehead atoms. The highest BCUT2D eigenvalue weighted by molar-refractivity contribution is 7.41. The van der Waals surface area contributed by atoms with E-state index in [-0.39, 0.29) is 0 Å². The summed E-state index contributed by atoms with van der Waals surface area (Å²) in [5.74, 6) is 2.38. The van der Waals surface area contributed by atoms with Crippen LogP contribution in [0.25, 0.3) is 0 Å². The smallest absolute Gasteiger partial charge is 0.0275 e. The van der Waals surface area contributed by atoms with Gasteiger partial charge in [0.25, 0.3) is 0 Å². The third kappa shape index (κ3) is 3.53. The molecule has 1 aliphatic rings. The molecule has 0 nitrogen and oxygen atoms in total. The zero-order valence-electron chi connectivity index (χ0n) is 7.01.